The molecule has 0 aliphatic carbocycles. The molecule has 0 spiro atoms. The fraction of sp³-hybridized carbons (Fsp3) is 0. The third kappa shape index (κ3) is 5.42. The third-order valence-electron chi connectivity index (χ3n) is 3.62. The Morgan fingerprint density at radius 2 is 1.43 bits per heavy atom. The van der Waals surface area contributed by atoms with Gasteiger partial charge in [0, 0.05) is 27.1 Å². The highest BCUT2D eigenvalue weighted by Gasteiger charge is 2.13. The van der Waals surface area contributed by atoms with Crippen LogP contribution in [-0.4, -0.2) is 11.0 Å². The minimum atomic E-state index is -0.639. The number of nitrogens with one attached hydrogen (secondary N) is 3. The van der Waals surface area contributed by atoms with Gasteiger partial charge in [0.05, 0.1) is 5.56 Å². The van der Waals surface area contributed by atoms with Crippen LogP contribution in [0.3, 0.4) is 0 Å². The van der Waals surface area contributed by atoms with Gasteiger partial charge in [0.2, 0.25) is 0 Å². The molecule has 8 heteroatoms. The van der Waals surface area contributed by atoms with Gasteiger partial charge in [-0.1, -0.05) is 41.4 Å². The molecular formula is C20H14Cl2FN3OS. The molecule has 1 amide bonds. The van der Waals surface area contributed by atoms with Crippen molar-refractivity contribution in [1.82, 2.24) is 0 Å². The minimum Gasteiger partial charge on any atom is -0.332 e. The van der Waals surface area contributed by atoms with Crippen LogP contribution in [0, 0.1) is 5.82 Å². The normalized spacial score (nSPS) is 10.2. The summed E-state index contributed by atoms with van der Waals surface area (Å²) < 4.78 is 14.1. The van der Waals surface area contributed by atoms with E-state index >= 15 is 0 Å². The number of amides is 1. The van der Waals surface area contributed by atoms with Gasteiger partial charge >= 0.3 is 0 Å². The second kappa shape index (κ2) is 9.01. The molecule has 0 atom stereocenters. The predicted molar refractivity (Wildman–Crippen MR) is 117 cm³/mol. The van der Waals surface area contributed by atoms with E-state index in [1.54, 1.807) is 42.5 Å². The molecule has 0 aliphatic heterocycles. The summed E-state index contributed by atoms with van der Waals surface area (Å²) in [5, 5.41) is 9.63. The average Bonchev–Trinajstić information content (AvgIpc) is 2.63. The predicted octanol–water partition coefficient (Wildman–Crippen LogP) is 6.19. The standard InChI is InChI=1S/C20H14Cl2FN3OS/c21-12-8-13(22)10-16(9-12)26-20(28)25-15-6-7-18(23)17(11-15)19(27)24-14-4-2-1-3-5-14/h1-11H,(H,24,27)(H2,25,26,28). The molecule has 0 unspecified atom stereocenters. The molecule has 0 bridgehead atoms. The number of para-hydroxylation sites is 1. The second-order valence-corrected chi connectivity index (χ2v) is 7.03. The largest absolute Gasteiger partial charge is 0.332 e. The first-order valence-corrected chi connectivity index (χ1v) is 9.27. The van der Waals surface area contributed by atoms with Crippen molar-refractivity contribution in [2.45, 2.75) is 0 Å². The van der Waals surface area contributed by atoms with Crippen LogP contribution in [0.4, 0.5) is 21.5 Å². The minimum absolute atomic E-state index is 0.109. The summed E-state index contributed by atoms with van der Waals surface area (Å²) in [6.45, 7) is 0. The van der Waals surface area contributed by atoms with E-state index in [-0.39, 0.29) is 10.7 Å². The van der Waals surface area contributed by atoms with Crippen LogP contribution in [0.25, 0.3) is 0 Å². The summed E-state index contributed by atoms with van der Waals surface area (Å²) >= 11 is 17.2. The number of carbonyl (C=O) groups excluding carboxylic acids is 1. The van der Waals surface area contributed by atoms with Gasteiger partial charge in [0.15, 0.2) is 5.11 Å². The van der Waals surface area contributed by atoms with E-state index in [9.17, 15) is 9.18 Å². The van der Waals surface area contributed by atoms with Crippen LogP contribution >= 0.6 is 35.4 Å². The monoisotopic (exact) mass is 433 g/mol. The van der Waals surface area contributed by atoms with Crippen molar-refractivity contribution in [3.8, 4) is 0 Å². The fourth-order valence-electron chi connectivity index (χ4n) is 2.42. The molecule has 0 radical (unpaired) electrons. The lowest BCUT2D eigenvalue weighted by atomic mass is 10.1. The van der Waals surface area contributed by atoms with E-state index in [1.807, 2.05) is 6.07 Å². The van der Waals surface area contributed by atoms with E-state index in [0.29, 0.717) is 27.1 Å². The lowest BCUT2D eigenvalue weighted by molar-refractivity contribution is 0.102. The number of hydrogen-bond donors (Lipinski definition) is 3. The van der Waals surface area contributed by atoms with Crippen molar-refractivity contribution in [3.63, 3.8) is 0 Å². The SMILES string of the molecule is O=C(Nc1ccccc1)c1cc(NC(=S)Nc2cc(Cl)cc(Cl)c2)ccc1F. The summed E-state index contributed by atoms with van der Waals surface area (Å²) in [5.41, 5.74) is 1.51. The van der Waals surface area contributed by atoms with Crippen molar-refractivity contribution in [3.05, 3.63) is 88.2 Å². The van der Waals surface area contributed by atoms with Crippen molar-refractivity contribution >= 4 is 63.5 Å². The number of rotatable bonds is 4. The van der Waals surface area contributed by atoms with E-state index in [4.69, 9.17) is 35.4 Å². The topological polar surface area (TPSA) is 53.2 Å². The Morgan fingerprint density at radius 1 is 0.786 bits per heavy atom. The number of carbonyl (C=O) groups is 1. The molecule has 142 valence electrons. The van der Waals surface area contributed by atoms with E-state index in [2.05, 4.69) is 16.0 Å². The molecule has 0 aromatic heterocycles. The zero-order valence-corrected chi connectivity index (χ0v) is 16.6. The van der Waals surface area contributed by atoms with Crippen molar-refractivity contribution in [2.24, 2.45) is 0 Å². The van der Waals surface area contributed by atoms with Gasteiger partial charge in [0.1, 0.15) is 5.82 Å². The van der Waals surface area contributed by atoms with Crippen molar-refractivity contribution in [2.75, 3.05) is 16.0 Å². The zero-order valence-electron chi connectivity index (χ0n) is 14.3. The van der Waals surface area contributed by atoms with Crippen molar-refractivity contribution < 1.29 is 9.18 Å². The molecule has 4 nitrogen and oxygen atoms in total. The zero-order chi connectivity index (χ0) is 20.1. The van der Waals surface area contributed by atoms with Crippen LogP contribution in [-0.2, 0) is 0 Å². The van der Waals surface area contributed by atoms with E-state index in [0.717, 1.165) is 0 Å². The van der Waals surface area contributed by atoms with E-state index < -0.39 is 11.7 Å². The summed E-state index contributed by atoms with van der Waals surface area (Å²) in [6.07, 6.45) is 0. The summed E-state index contributed by atoms with van der Waals surface area (Å²) in [5.74, 6) is -1.20. The number of thiocarbonyl (C=S) groups is 1. The van der Waals surface area contributed by atoms with E-state index in [1.165, 1.54) is 18.2 Å². The van der Waals surface area contributed by atoms with Crippen LogP contribution in [0.2, 0.25) is 10.0 Å². The first kappa shape index (κ1) is 20.1. The molecule has 0 aliphatic rings. The number of benzene rings is 3. The molecule has 3 aromatic rings. The quantitative estimate of drug-likeness (QED) is 0.429. The summed E-state index contributed by atoms with van der Waals surface area (Å²) in [7, 11) is 0. The van der Waals surface area contributed by atoms with Gasteiger partial charge in [-0.05, 0) is 60.7 Å². The van der Waals surface area contributed by atoms with Crippen LogP contribution in [0.15, 0.2) is 66.7 Å². The Labute approximate surface area is 176 Å². The molecule has 28 heavy (non-hydrogen) atoms. The molecule has 3 aromatic carbocycles. The van der Waals surface area contributed by atoms with Gasteiger partial charge in [0.25, 0.3) is 5.91 Å². The maximum absolute atomic E-state index is 14.1. The molecule has 0 heterocycles. The molecular weight excluding hydrogens is 420 g/mol. The van der Waals surface area contributed by atoms with Gasteiger partial charge < -0.3 is 16.0 Å². The Kier molecular flexibility index (Phi) is 6.46. The van der Waals surface area contributed by atoms with Crippen LogP contribution in [0.5, 0.6) is 0 Å². The lowest BCUT2D eigenvalue weighted by Gasteiger charge is -2.13. The molecule has 0 saturated heterocycles. The Hall–Kier alpha value is -2.67. The van der Waals surface area contributed by atoms with Gasteiger partial charge in [-0.3, -0.25) is 4.79 Å². The van der Waals surface area contributed by atoms with Gasteiger partial charge in [-0.25, -0.2) is 4.39 Å². The highest BCUT2D eigenvalue weighted by Crippen LogP contribution is 2.23. The third-order valence-corrected chi connectivity index (χ3v) is 4.26. The average molecular weight is 434 g/mol. The smallest absolute Gasteiger partial charge is 0.258 e. The summed E-state index contributed by atoms with van der Waals surface area (Å²) in [6, 6.07) is 17.8. The first-order chi connectivity index (χ1) is 13.4. The fourth-order valence-corrected chi connectivity index (χ4v) is 3.18. The highest BCUT2D eigenvalue weighted by molar-refractivity contribution is 7.80. The number of hydrogen-bond acceptors (Lipinski definition) is 2. The highest BCUT2D eigenvalue weighted by atomic mass is 35.5. The first-order valence-electron chi connectivity index (χ1n) is 8.11. The van der Waals surface area contributed by atoms with Crippen LogP contribution in [0.1, 0.15) is 10.4 Å². The molecule has 3 rings (SSSR count). The van der Waals surface area contributed by atoms with Crippen LogP contribution < -0.4 is 16.0 Å². The molecule has 0 saturated carbocycles. The Morgan fingerprint density at radius 3 is 2.11 bits per heavy atom. The van der Waals surface area contributed by atoms with Crippen molar-refractivity contribution in [1.29, 1.82) is 0 Å². The Balaban J connectivity index is 1.71. The second-order valence-electron chi connectivity index (χ2n) is 5.75. The summed E-state index contributed by atoms with van der Waals surface area (Å²) in [4.78, 5) is 12.4. The Bertz CT molecular complexity index is 1010. The van der Waals surface area contributed by atoms with Gasteiger partial charge in [-0.2, -0.15) is 0 Å². The number of anilines is 3. The maximum Gasteiger partial charge on any atom is 0.258 e. The molecule has 0 fully saturated rings. The van der Waals surface area contributed by atoms with Gasteiger partial charge in [-0.15, -0.1) is 0 Å². The lowest BCUT2D eigenvalue weighted by Crippen LogP contribution is -2.20. The maximum atomic E-state index is 14.1. The molecule has 3 N–H and O–H groups in total. The number of halogens is 3.